The maximum absolute atomic E-state index is 12.8. The van der Waals surface area contributed by atoms with Crippen LogP contribution >= 0.6 is 0 Å². The largest absolute Gasteiger partial charge is 0.366 e. The van der Waals surface area contributed by atoms with Gasteiger partial charge >= 0.3 is 0 Å². The lowest BCUT2D eigenvalue weighted by atomic mass is 10.1. The van der Waals surface area contributed by atoms with E-state index in [4.69, 9.17) is 0 Å². The Morgan fingerprint density at radius 3 is 2.50 bits per heavy atom. The molecule has 18 heavy (non-hydrogen) atoms. The number of nitrogens with one attached hydrogen (secondary N) is 1. The second kappa shape index (κ2) is 5.33. The van der Waals surface area contributed by atoms with Crippen molar-refractivity contribution in [2.45, 2.75) is 13.0 Å². The molecule has 2 nitrogen and oxygen atoms in total. The maximum atomic E-state index is 12.8. The molecule has 2 aromatic carbocycles. The molecule has 1 unspecified atom stereocenters. The third-order valence-electron chi connectivity index (χ3n) is 2.66. The standard InChI is InChI=1S/C15H13FN2/c1-11-3-2-4-14(9-11)18-15(10-17)12-5-7-13(16)8-6-12/h2-9,15,18H,1H3. The number of halogens is 1. The molecule has 0 spiro atoms. The summed E-state index contributed by atoms with van der Waals surface area (Å²) < 4.78 is 12.8. The normalized spacial score (nSPS) is 11.6. The summed E-state index contributed by atoms with van der Waals surface area (Å²) in [5.74, 6) is -0.300. The van der Waals surface area contributed by atoms with Gasteiger partial charge in [0.2, 0.25) is 0 Å². The van der Waals surface area contributed by atoms with E-state index in [1.165, 1.54) is 12.1 Å². The SMILES string of the molecule is Cc1cccc(NC(C#N)c2ccc(F)cc2)c1. The lowest BCUT2D eigenvalue weighted by Gasteiger charge is -2.13. The highest BCUT2D eigenvalue weighted by molar-refractivity contribution is 5.49. The number of aryl methyl sites for hydroxylation is 1. The van der Waals surface area contributed by atoms with E-state index in [-0.39, 0.29) is 5.82 Å². The Hall–Kier alpha value is -2.34. The minimum absolute atomic E-state index is 0.300. The molecule has 0 radical (unpaired) electrons. The second-order valence-electron chi connectivity index (χ2n) is 4.13. The fourth-order valence-corrected chi connectivity index (χ4v) is 1.75. The quantitative estimate of drug-likeness (QED) is 0.885. The highest BCUT2D eigenvalue weighted by Crippen LogP contribution is 2.20. The maximum Gasteiger partial charge on any atom is 0.140 e. The molecule has 0 aliphatic carbocycles. The summed E-state index contributed by atoms with van der Waals surface area (Å²) in [6.07, 6.45) is 0. The van der Waals surface area contributed by atoms with E-state index in [0.717, 1.165) is 16.8 Å². The van der Waals surface area contributed by atoms with E-state index >= 15 is 0 Å². The number of nitriles is 1. The zero-order valence-electron chi connectivity index (χ0n) is 10.0. The van der Waals surface area contributed by atoms with Gasteiger partial charge in [0.05, 0.1) is 6.07 Å². The first-order valence-corrected chi connectivity index (χ1v) is 5.67. The molecule has 1 N–H and O–H groups in total. The topological polar surface area (TPSA) is 35.8 Å². The van der Waals surface area contributed by atoms with E-state index in [2.05, 4.69) is 11.4 Å². The van der Waals surface area contributed by atoms with Gasteiger partial charge in [-0.15, -0.1) is 0 Å². The van der Waals surface area contributed by atoms with E-state index in [0.29, 0.717) is 0 Å². The molecule has 0 saturated carbocycles. The average Bonchev–Trinajstić information content (AvgIpc) is 2.37. The van der Waals surface area contributed by atoms with Crippen LogP contribution in [0.1, 0.15) is 17.2 Å². The van der Waals surface area contributed by atoms with E-state index in [9.17, 15) is 9.65 Å². The van der Waals surface area contributed by atoms with Crippen LogP contribution in [0.3, 0.4) is 0 Å². The van der Waals surface area contributed by atoms with Crippen molar-refractivity contribution < 1.29 is 4.39 Å². The Kier molecular flexibility index (Phi) is 3.59. The van der Waals surface area contributed by atoms with Gasteiger partial charge in [0, 0.05) is 5.69 Å². The van der Waals surface area contributed by atoms with Gasteiger partial charge in [-0.1, -0.05) is 24.3 Å². The number of hydrogen-bond acceptors (Lipinski definition) is 2. The molecule has 2 aromatic rings. The third kappa shape index (κ3) is 2.86. The molecule has 0 heterocycles. The van der Waals surface area contributed by atoms with Crippen molar-refractivity contribution >= 4 is 5.69 Å². The van der Waals surface area contributed by atoms with E-state index in [1.54, 1.807) is 12.1 Å². The monoisotopic (exact) mass is 240 g/mol. The fourth-order valence-electron chi connectivity index (χ4n) is 1.75. The van der Waals surface area contributed by atoms with Gasteiger partial charge in [0.15, 0.2) is 0 Å². The fraction of sp³-hybridized carbons (Fsp3) is 0.133. The van der Waals surface area contributed by atoms with Crippen LogP contribution in [0.15, 0.2) is 48.5 Å². The van der Waals surface area contributed by atoms with Gasteiger partial charge in [-0.25, -0.2) is 4.39 Å². The summed E-state index contributed by atoms with van der Waals surface area (Å²) in [5.41, 5.74) is 2.75. The number of nitrogens with zero attached hydrogens (tertiary/aromatic N) is 1. The third-order valence-corrected chi connectivity index (χ3v) is 2.66. The first-order valence-electron chi connectivity index (χ1n) is 5.67. The molecule has 3 heteroatoms. The molecule has 0 amide bonds. The minimum Gasteiger partial charge on any atom is -0.366 e. The molecular formula is C15H13FN2. The highest BCUT2D eigenvalue weighted by Gasteiger charge is 2.10. The smallest absolute Gasteiger partial charge is 0.140 e. The van der Waals surface area contributed by atoms with E-state index in [1.807, 2.05) is 31.2 Å². The molecule has 0 aromatic heterocycles. The van der Waals surface area contributed by atoms with Gasteiger partial charge < -0.3 is 5.32 Å². The van der Waals surface area contributed by atoms with Crippen LogP contribution in [0.5, 0.6) is 0 Å². The molecule has 0 aliphatic heterocycles. The first-order chi connectivity index (χ1) is 8.69. The van der Waals surface area contributed by atoms with Crippen molar-refractivity contribution in [2.75, 3.05) is 5.32 Å². The van der Waals surface area contributed by atoms with Crippen LogP contribution in [-0.2, 0) is 0 Å². The summed E-state index contributed by atoms with van der Waals surface area (Å²) in [7, 11) is 0. The number of rotatable bonds is 3. The lowest BCUT2D eigenvalue weighted by molar-refractivity contribution is 0.627. The molecule has 0 aliphatic rings. The second-order valence-corrected chi connectivity index (χ2v) is 4.13. The van der Waals surface area contributed by atoms with Gasteiger partial charge in [-0.05, 0) is 42.3 Å². The van der Waals surface area contributed by atoms with Gasteiger partial charge in [0.1, 0.15) is 11.9 Å². The number of benzene rings is 2. The van der Waals surface area contributed by atoms with Gasteiger partial charge in [0.25, 0.3) is 0 Å². The van der Waals surface area contributed by atoms with Crippen molar-refractivity contribution in [3.8, 4) is 6.07 Å². The molecular weight excluding hydrogens is 227 g/mol. The Morgan fingerprint density at radius 2 is 1.89 bits per heavy atom. The number of anilines is 1. The molecule has 2 rings (SSSR count). The predicted molar refractivity (Wildman–Crippen MR) is 69.6 cm³/mol. The van der Waals surface area contributed by atoms with Crippen LogP contribution in [0.25, 0.3) is 0 Å². The van der Waals surface area contributed by atoms with Crippen molar-refractivity contribution in [3.63, 3.8) is 0 Å². The summed E-state index contributed by atoms with van der Waals surface area (Å²) in [4.78, 5) is 0. The molecule has 90 valence electrons. The molecule has 1 atom stereocenters. The lowest BCUT2D eigenvalue weighted by Crippen LogP contribution is -2.08. The summed E-state index contributed by atoms with van der Waals surface area (Å²) in [6.45, 7) is 1.99. The minimum atomic E-state index is -0.479. The average molecular weight is 240 g/mol. The highest BCUT2D eigenvalue weighted by atomic mass is 19.1. The first kappa shape index (κ1) is 12.1. The summed E-state index contributed by atoms with van der Waals surface area (Å²) >= 11 is 0. The molecule has 0 saturated heterocycles. The molecule has 0 bridgehead atoms. The van der Waals surface area contributed by atoms with Crippen molar-refractivity contribution in [1.82, 2.24) is 0 Å². The zero-order chi connectivity index (χ0) is 13.0. The van der Waals surface area contributed by atoms with Crippen LogP contribution in [0.2, 0.25) is 0 Å². The van der Waals surface area contributed by atoms with Crippen molar-refractivity contribution in [2.24, 2.45) is 0 Å². The molecule has 0 fully saturated rings. The summed E-state index contributed by atoms with van der Waals surface area (Å²) in [6, 6.07) is 15.4. The Morgan fingerprint density at radius 1 is 1.17 bits per heavy atom. The van der Waals surface area contributed by atoms with E-state index < -0.39 is 6.04 Å². The Bertz CT molecular complexity index is 570. The van der Waals surface area contributed by atoms with Crippen LogP contribution in [0, 0.1) is 24.1 Å². The summed E-state index contributed by atoms with van der Waals surface area (Å²) in [5, 5.41) is 12.3. The zero-order valence-corrected chi connectivity index (χ0v) is 10.0. The van der Waals surface area contributed by atoms with Crippen molar-refractivity contribution in [3.05, 3.63) is 65.5 Å². The van der Waals surface area contributed by atoms with Gasteiger partial charge in [-0.2, -0.15) is 5.26 Å². The van der Waals surface area contributed by atoms with Crippen LogP contribution in [-0.4, -0.2) is 0 Å². The van der Waals surface area contributed by atoms with Crippen LogP contribution < -0.4 is 5.32 Å². The van der Waals surface area contributed by atoms with Gasteiger partial charge in [-0.3, -0.25) is 0 Å². The number of hydrogen-bond donors (Lipinski definition) is 1. The Balaban J connectivity index is 2.20. The van der Waals surface area contributed by atoms with Crippen LogP contribution in [0.4, 0.5) is 10.1 Å². The van der Waals surface area contributed by atoms with Crippen molar-refractivity contribution in [1.29, 1.82) is 5.26 Å². The predicted octanol–water partition coefficient (Wildman–Crippen LogP) is 3.81. The Labute approximate surface area is 106 Å².